The largest absolute Gasteiger partial charge is 0.487 e. The molecule has 0 bridgehead atoms. The fourth-order valence-electron chi connectivity index (χ4n) is 2.43. The van der Waals surface area contributed by atoms with Gasteiger partial charge in [-0.1, -0.05) is 32.9 Å². The monoisotopic (exact) mass is 262 g/mol. The molecular weight excluding hydrogens is 240 g/mol. The lowest BCUT2D eigenvalue weighted by molar-refractivity contribution is -0.144. The van der Waals surface area contributed by atoms with Gasteiger partial charge >= 0.3 is 5.97 Å². The number of carboxylic acids is 1. The lowest BCUT2D eigenvalue weighted by Crippen LogP contribution is -2.45. The van der Waals surface area contributed by atoms with Gasteiger partial charge in [0.2, 0.25) is 0 Å². The molecule has 1 aliphatic rings. The molecule has 1 N–H and O–H groups in total. The van der Waals surface area contributed by atoms with E-state index in [0.29, 0.717) is 0 Å². The van der Waals surface area contributed by atoms with Crippen LogP contribution in [0, 0.1) is 0 Å². The van der Waals surface area contributed by atoms with Gasteiger partial charge in [-0.15, -0.1) is 0 Å². The Morgan fingerprint density at radius 1 is 1.26 bits per heavy atom. The highest BCUT2D eigenvalue weighted by atomic mass is 16.5. The van der Waals surface area contributed by atoms with Gasteiger partial charge in [0, 0.05) is 0 Å². The molecule has 1 aromatic rings. The van der Waals surface area contributed by atoms with Crippen LogP contribution < -0.4 is 4.74 Å². The van der Waals surface area contributed by atoms with E-state index in [0.717, 1.165) is 25.0 Å². The van der Waals surface area contributed by atoms with Crippen molar-refractivity contribution in [3.05, 3.63) is 29.8 Å². The second kappa shape index (κ2) is 4.87. The Balaban J connectivity index is 2.08. The Bertz CT molecular complexity index is 450. The van der Waals surface area contributed by atoms with Gasteiger partial charge in [-0.05, 0) is 42.4 Å². The van der Waals surface area contributed by atoms with Crippen LogP contribution in [0.25, 0.3) is 0 Å². The molecule has 104 valence electrons. The molecule has 2 rings (SSSR count). The number of carbonyl (C=O) groups is 1. The molecule has 3 nitrogen and oxygen atoms in total. The van der Waals surface area contributed by atoms with Crippen molar-refractivity contribution in [1.82, 2.24) is 0 Å². The lowest BCUT2D eigenvalue weighted by atomic mass is 9.77. The molecule has 0 amide bonds. The SMILES string of the molecule is CC(C)(C)c1ccc(OC2(CC(=O)O)CCC2)cc1. The molecular formula is C16H22O3. The van der Waals surface area contributed by atoms with Crippen LogP contribution >= 0.6 is 0 Å². The van der Waals surface area contributed by atoms with E-state index in [1.165, 1.54) is 5.56 Å². The average molecular weight is 262 g/mol. The van der Waals surface area contributed by atoms with Gasteiger partial charge in [-0.25, -0.2) is 0 Å². The third-order valence-electron chi connectivity index (χ3n) is 3.79. The van der Waals surface area contributed by atoms with Crippen molar-refractivity contribution in [2.24, 2.45) is 0 Å². The first-order valence-corrected chi connectivity index (χ1v) is 6.82. The van der Waals surface area contributed by atoms with Crippen LogP contribution in [0.4, 0.5) is 0 Å². The van der Waals surface area contributed by atoms with Crippen molar-refractivity contribution in [1.29, 1.82) is 0 Å². The van der Waals surface area contributed by atoms with E-state index in [2.05, 4.69) is 32.9 Å². The smallest absolute Gasteiger partial charge is 0.307 e. The average Bonchev–Trinajstić information content (AvgIpc) is 2.25. The molecule has 1 fully saturated rings. The molecule has 1 aromatic carbocycles. The number of carboxylic acid groups (broad SMARTS) is 1. The molecule has 0 saturated heterocycles. The highest BCUT2D eigenvalue weighted by molar-refractivity contribution is 5.68. The number of benzene rings is 1. The van der Waals surface area contributed by atoms with Crippen LogP contribution in [0.2, 0.25) is 0 Å². The maximum atomic E-state index is 10.9. The van der Waals surface area contributed by atoms with Crippen molar-refractivity contribution in [2.45, 2.75) is 57.5 Å². The molecule has 0 spiro atoms. The zero-order chi connectivity index (χ0) is 14.1. The second-order valence-electron chi connectivity index (χ2n) is 6.48. The van der Waals surface area contributed by atoms with Crippen molar-refractivity contribution >= 4 is 5.97 Å². The zero-order valence-corrected chi connectivity index (χ0v) is 11.9. The van der Waals surface area contributed by atoms with Gasteiger partial charge in [-0.3, -0.25) is 4.79 Å². The molecule has 0 atom stereocenters. The topological polar surface area (TPSA) is 46.5 Å². The van der Waals surface area contributed by atoms with Crippen molar-refractivity contribution in [3.8, 4) is 5.75 Å². The fraction of sp³-hybridized carbons (Fsp3) is 0.562. The lowest BCUT2D eigenvalue weighted by Gasteiger charge is -2.40. The maximum absolute atomic E-state index is 10.9. The summed E-state index contributed by atoms with van der Waals surface area (Å²) in [5.74, 6) is -0.0139. The van der Waals surface area contributed by atoms with E-state index in [4.69, 9.17) is 9.84 Å². The summed E-state index contributed by atoms with van der Waals surface area (Å²) in [4.78, 5) is 10.9. The second-order valence-corrected chi connectivity index (χ2v) is 6.48. The number of hydrogen-bond donors (Lipinski definition) is 1. The summed E-state index contributed by atoms with van der Waals surface area (Å²) in [7, 11) is 0. The first-order valence-electron chi connectivity index (χ1n) is 6.82. The Hall–Kier alpha value is -1.51. The van der Waals surface area contributed by atoms with Crippen LogP contribution in [0.15, 0.2) is 24.3 Å². The van der Waals surface area contributed by atoms with Crippen LogP contribution in [0.1, 0.15) is 52.0 Å². The van der Waals surface area contributed by atoms with Crippen LogP contribution in [-0.2, 0) is 10.2 Å². The molecule has 0 heterocycles. The zero-order valence-electron chi connectivity index (χ0n) is 11.9. The van der Waals surface area contributed by atoms with Gasteiger partial charge < -0.3 is 9.84 Å². The molecule has 0 aromatic heterocycles. The summed E-state index contributed by atoms with van der Waals surface area (Å²) < 4.78 is 5.94. The first kappa shape index (κ1) is 13.9. The van der Waals surface area contributed by atoms with Gasteiger partial charge in [0.25, 0.3) is 0 Å². The van der Waals surface area contributed by atoms with Gasteiger partial charge in [0.15, 0.2) is 0 Å². The number of hydrogen-bond acceptors (Lipinski definition) is 2. The van der Waals surface area contributed by atoms with E-state index in [-0.39, 0.29) is 11.8 Å². The number of aliphatic carboxylic acids is 1. The van der Waals surface area contributed by atoms with Gasteiger partial charge in [0.1, 0.15) is 11.4 Å². The molecule has 0 aliphatic heterocycles. The predicted octanol–water partition coefficient (Wildman–Crippen LogP) is 3.76. The standard InChI is InChI=1S/C16H22O3/c1-15(2,3)12-5-7-13(8-6-12)19-16(9-4-10-16)11-14(17)18/h5-8H,4,9-11H2,1-3H3,(H,17,18). The maximum Gasteiger partial charge on any atom is 0.307 e. The third kappa shape index (κ3) is 3.28. The van der Waals surface area contributed by atoms with Gasteiger partial charge in [-0.2, -0.15) is 0 Å². The Labute approximate surface area is 114 Å². The Kier molecular flexibility index (Phi) is 3.57. The van der Waals surface area contributed by atoms with Crippen molar-refractivity contribution in [2.75, 3.05) is 0 Å². The molecule has 0 radical (unpaired) electrons. The van der Waals surface area contributed by atoms with E-state index in [1.54, 1.807) is 0 Å². The van der Waals surface area contributed by atoms with E-state index >= 15 is 0 Å². The Morgan fingerprint density at radius 2 is 1.84 bits per heavy atom. The van der Waals surface area contributed by atoms with Crippen molar-refractivity contribution in [3.63, 3.8) is 0 Å². The summed E-state index contributed by atoms with van der Waals surface area (Å²) in [5.41, 5.74) is 0.892. The molecule has 1 saturated carbocycles. The minimum atomic E-state index is -0.786. The highest BCUT2D eigenvalue weighted by Gasteiger charge is 2.41. The molecule has 3 heteroatoms. The predicted molar refractivity (Wildman–Crippen MR) is 74.6 cm³/mol. The van der Waals surface area contributed by atoms with Gasteiger partial charge in [0.05, 0.1) is 6.42 Å². The summed E-state index contributed by atoms with van der Waals surface area (Å²) in [6.07, 6.45) is 2.81. The minimum Gasteiger partial charge on any atom is -0.487 e. The first-order chi connectivity index (χ1) is 8.81. The highest BCUT2D eigenvalue weighted by Crippen LogP contribution is 2.39. The number of ether oxygens (including phenoxy) is 1. The van der Waals surface area contributed by atoms with E-state index in [1.807, 2.05) is 12.1 Å². The van der Waals surface area contributed by atoms with Crippen molar-refractivity contribution < 1.29 is 14.6 Å². The molecule has 1 aliphatic carbocycles. The third-order valence-corrected chi connectivity index (χ3v) is 3.79. The van der Waals surface area contributed by atoms with Crippen LogP contribution in [0.5, 0.6) is 5.75 Å². The van der Waals surface area contributed by atoms with E-state index in [9.17, 15) is 4.79 Å². The summed E-state index contributed by atoms with van der Waals surface area (Å²) in [5, 5.41) is 8.96. The molecule has 0 unspecified atom stereocenters. The van der Waals surface area contributed by atoms with E-state index < -0.39 is 11.6 Å². The summed E-state index contributed by atoms with van der Waals surface area (Å²) in [6.45, 7) is 6.50. The van der Waals surface area contributed by atoms with Crippen LogP contribution in [-0.4, -0.2) is 16.7 Å². The van der Waals surface area contributed by atoms with Crippen LogP contribution in [0.3, 0.4) is 0 Å². The number of rotatable bonds is 4. The minimum absolute atomic E-state index is 0.0913. The fourth-order valence-corrected chi connectivity index (χ4v) is 2.43. The quantitative estimate of drug-likeness (QED) is 0.898. The molecule has 19 heavy (non-hydrogen) atoms. The summed E-state index contributed by atoms with van der Waals surface area (Å²) >= 11 is 0. The normalized spacial score (nSPS) is 17.6. The Morgan fingerprint density at radius 3 is 2.21 bits per heavy atom. The summed E-state index contributed by atoms with van der Waals surface area (Å²) in [6, 6.07) is 8.01.